The van der Waals surface area contributed by atoms with E-state index in [0.29, 0.717) is 28.6 Å². The molecular weight excluding hydrogens is 481 g/mol. The highest BCUT2D eigenvalue weighted by Gasteiger charge is 2.30. The third-order valence-corrected chi connectivity index (χ3v) is 5.95. The lowest BCUT2D eigenvalue weighted by atomic mass is 10.1. The predicted octanol–water partition coefficient (Wildman–Crippen LogP) is 5.21. The minimum absolute atomic E-state index is 0.0494. The molecule has 0 atom stereocenters. The van der Waals surface area contributed by atoms with Crippen LogP contribution in [0.5, 0.6) is 17.2 Å². The molecule has 4 rings (SSSR count). The van der Waals surface area contributed by atoms with Gasteiger partial charge in [0.25, 0.3) is 5.56 Å². The Bertz CT molecular complexity index is 1380. The van der Waals surface area contributed by atoms with Gasteiger partial charge in [-0.25, -0.2) is 4.98 Å². The molecule has 2 aromatic carbocycles. The molecule has 35 heavy (non-hydrogen) atoms. The van der Waals surface area contributed by atoms with Crippen molar-refractivity contribution < 1.29 is 22.6 Å². The molecule has 4 aromatic rings. The van der Waals surface area contributed by atoms with Gasteiger partial charge in [0.2, 0.25) is 0 Å². The van der Waals surface area contributed by atoms with Gasteiger partial charge < -0.3 is 14.5 Å². The Morgan fingerprint density at radius 3 is 2.60 bits per heavy atom. The fourth-order valence-corrected chi connectivity index (χ4v) is 4.06. The van der Waals surface area contributed by atoms with Crippen molar-refractivity contribution in [2.45, 2.75) is 23.5 Å². The van der Waals surface area contributed by atoms with Crippen LogP contribution in [-0.2, 0) is 25.4 Å². The lowest BCUT2D eigenvalue weighted by Gasteiger charge is -2.13. The zero-order chi connectivity index (χ0) is 25.0. The van der Waals surface area contributed by atoms with Gasteiger partial charge >= 0.3 is 6.18 Å². The van der Waals surface area contributed by atoms with Crippen molar-refractivity contribution in [3.05, 3.63) is 93.7 Å². The van der Waals surface area contributed by atoms with Gasteiger partial charge in [-0.05, 0) is 41.5 Å². The number of benzene rings is 2. The van der Waals surface area contributed by atoms with Crippen molar-refractivity contribution in [1.82, 2.24) is 19.7 Å². The number of halogens is 3. The first-order valence-electron chi connectivity index (χ1n) is 10.4. The second-order valence-electron chi connectivity index (χ2n) is 7.64. The summed E-state index contributed by atoms with van der Waals surface area (Å²) in [4.78, 5) is 19.5. The SMILES string of the molecule is COc1cc(CSc2ncc(Cc3cnn(C)c3)c(=O)[nH]2)ccc1Oc1cccc(C(F)(F)F)c1. The van der Waals surface area contributed by atoms with E-state index in [2.05, 4.69) is 15.1 Å². The number of aryl methyl sites for hydroxylation is 1. The molecule has 0 saturated carbocycles. The maximum Gasteiger partial charge on any atom is 0.416 e. The third-order valence-electron chi connectivity index (χ3n) is 5.00. The van der Waals surface area contributed by atoms with Crippen LogP contribution < -0.4 is 15.0 Å². The van der Waals surface area contributed by atoms with Gasteiger partial charge in [-0.15, -0.1) is 0 Å². The standard InChI is InChI=1S/C24H21F3N4O3S/c1-31-13-16(11-29-31)8-17-12-28-23(30-22(17)32)35-14-15-6-7-20(21(9-15)33-2)34-19-5-3-4-18(10-19)24(25,26)27/h3-7,9-13H,8,14H2,1-2H3,(H,28,30,32). The van der Waals surface area contributed by atoms with Crippen molar-refractivity contribution in [1.29, 1.82) is 0 Å². The second-order valence-corrected chi connectivity index (χ2v) is 8.61. The minimum Gasteiger partial charge on any atom is -0.493 e. The summed E-state index contributed by atoms with van der Waals surface area (Å²) in [7, 11) is 3.26. The molecule has 0 bridgehead atoms. The van der Waals surface area contributed by atoms with E-state index in [0.717, 1.165) is 23.3 Å². The summed E-state index contributed by atoms with van der Waals surface area (Å²) in [6, 6.07) is 9.77. The van der Waals surface area contributed by atoms with Crippen molar-refractivity contribution >= 4 is 11.8 Å². The molecule has 7 nitrogen and oxygen atoms in total. The number of thioether (sulfide) groups is 1. The van der Waals surface area contributed by atoms with Crippen molar-refractivity contribution in [2.75, 3.05) is 7.11 Å². The molecule has 0 amide bonds. The Kier molecular flexibility index (Phi) is 7.15. The summed E-state index contributed by atoms with van der Waals surface area (Å²) in [5.41, 5.74) is 1.30. The molecule has 0 aliphatic heterocycles. The maximum absolute atomic E-state index is 13.0. The number of nitrogens with one attached hydrogen (secondary N) is 1. The van der Waals surface area contributed by atoms with Crippen LogP contribution >= 0.6 is 11.8 Å². The van der Waals surface area contributed by atoms with Gasteiger partial charge in [0.05, 0.1) is 18.9 Å². The van der Waals surface area contributed by atoms with Crippen LogP contribution in [-0.4, -0.2) is 26.9 Å². The molecule has 11 heteroatoms. The summed E-state index contributed by atoms with van der Waals surface area (Å²) >= 11 is 1.34. The second kappa shape index (κ2) is 10.3. The number of H-pyrrole nitrogens is 1. The topological polar surface area (TPSA) is 82.0 Å². The van der Waals surface area contributed by atoms with E-state index in [1.165, 1.54) is 31.0 Å². The number of aromatic nitrogens is 4. The molecule has 2 aromatic heterocycles. The molecule has 182 valence electrons. The van der Waals surface area contributed by atoms with Gasteiger partial charge in [0.1, 0.15) is 5.75 Å². The van der Waals surface area contributed by atoms with E-state index in [1.807, 2.05) is 13.2 Å². The normalized spacial score (nSPS) is 11.5. The molecule has 1 N–H and O–H groups in total. The van der Waals surface area contributed by atoms with E-state index in [9.17, 15) is 18.0 Å². The minimum atomic E-state index is -4.46. The summed E-state index contributed by atoms with van der Waals surface area (Å²) in [5, 5.41) is 4.56. The lowest BCUT2D eigenvalue weighted by Crippen LogP contribution is -2.14. The monoisotopic (exact) mass is 502 g/mol. The highest BCUT2D eigenvalue weighted by Crippen LogP contribution is 2.36. The zero-order valence-corrected chi connectivity index (χ0v) is 19.6. The number of alkyl halides is 3. The molecule has 0 spiro atoms. The smallest absolute Gasteiger partial charge is 0.416 e. The van der Waals surface area contributed by atoms with Crippen LogP contribution in [0.3, 0.4) is 0 Å². The summed E-state index contributed by atoms with van der Waals surface area (Å²) in [6.45, 7) is 0. The number of nitrogens with zero attached hydrogens (tertiary/aromatic N) is 3. The van der Waals surface area contributed by atoms with Gasteiger partial charge in [-0.2, -0.15) is 18.3 Å². The molecule has 0 aliphatic carbocycles. The van der Waals surface area contributed by atoms with Crippen LogP contribution in [0.25, 0.3) is 0 Å². The molecule has 0 radical (unpaired) electrons. The van der Waals surface area contributed by atoms with E-state index in [-0.39, 0.29) is 17.1 Å². The van der Waals surface area contributed by atoms with Crippen LogP contribution in [0.1, 0.15) is 22.3 Å². The predicted molar refractivity (Wildman–Crippen MR) is 125 cm³/mol. The fraction of sp³-hybridized carbons (Fsp3) is 0.208. The van der Waals surface area contributed by atoms with Gasteiger partial charge in [-0.3, -0.25) is 9.48 Å². The van der Waals surface area contributed by atoms with Crippen molar-refractivity contribution in [3.63, 3.8) is 0 Å². The average molecular weight is 503 g/mol. The van der Waals surface area contributed by atoms with Gasteiger partial charge in [0.15, 0.2) is 16.7 Å². The Morgan fingerprint density at radius 1 is 1.09 bits per heavy atom. The van der Waals surface area contributed by atoms with Gasteiger partial charge in [0, 0.05) is 37.2 Å². The van der Waals surface area contributed by atoms with E-state index in [4.69, 9.17) is 9.47 Å². The molecule has 0 aliphatic rings. The van der Waals surface area contributed by atoms with Crippen molar-refractivity contribution in [2.24, 2.45) is 7.05 Å². The molecule has 0 fully saturated rings. The number of aromatic amines is 1. The van der Waals surface area contributed by atoms with Crippen molar-refractivity contribution in [3.8, 4) is 17.2 Å². The number of hydrogen-bond donors (Lipinski definition) is 1. The maximum atomic E-state index is 13.0. The summed E-state index contributed by atoms with van der Waals surface area (Å²) in [6.07, 6.45) is 1.08. The fourth-order valence-electron chi connectivity index (χ4n) is 3.29. The largest absolute Gasteiger partial charge is 0.493 e. The third kappa shape index (κ3) is 6.24. The highest BCUT2D eigenvalue weighted by atomic mass is 32.2. The van der Waals surface area contributed by atoms with E-state index < -0.39 is 11.7 Å². The molecular formula is C24H21F3N4O3S. The Hall–Kier alpha value is -3.73. The number of methoxy groups -OCH3 is 1. The highest BCUT2D eigenvalue weighted by molar-refractivity contribution is 7.98. The lowest BCUT2D eigenvalue weighted by molar-refractivity contribution is -0.137. The van der Waals surface area contributed by atoms with Crippen LogP contribution in [0.4, 0.5) is 13.2 Å². The van der Waals surface area contributed by atoms with Crippen LogP contribution in [0, 0.1) is 0 Å². The Labute approximate surface area is 202 Å². The van der Waals surface area contributed by atoms with E-state index >= 15 is 0 Å². The first kappa shape index (κ1) is 24.4. The quantitative estimate of drug-likeness (QED) is 0.263. The summed E-state index contributed by atoms with van der Waals surface area (Å²) < 4.78 is 51.6. The number of rotatable bonds is 8. The Morgan fingerprint density at radius 2 is 1.91 bits per heavy atom. The molecule has 0 saturated heterocycles. The first-order valence-corrected chi connectivity index (χ1v) is 11.4. The Balaban J connectivity index is 1.42. The van der Waals surface area contributed by atoms with Crippen LogP contribution in [0.15, 0.2) is 71.0 Å². The zero-order valence-electron chi connectivity index (χ0n) is 18.8. The average Bonchev–Trinajstić information content (AvgIpc) is 3.24. The molecule has 2 heterocycles. The van der Waals surface area contributed by atoms with E-state index in [1.54, 1.807) is 35.3 Å². The molecule has 0 unspecified atom stereocenters. The number of ether oxygens (including phenoxy) is 2. The summed E-state index contributed by atoms with van der Waals surface area (Å²) in [5.74, 6) is 1.18. The van der Waals surface area contributed by atoms with Crippen LogP contribution in [0.2, 0.25) is 0 Å². The van der Waals surface area contributed by atoms with Gasteiger partial charge in [-0.1, -0.05) is 23.9 Å². The first-order chi connectivity index (χ1) is 16.7. The number of hydrogen-bond acceptors (Lipinski definition) is 6.